The Morgan fingerprint density at radius 1 is 1.24 bits per heavy atom. The second-order valence-corrected chi connectivity index (χ2v) is 6.71. The number of carbonyl (C=O) groups excluding carboxylic acids is 1. The first-order chi connectivity index (χ1) is 11.4. The number of nitrogens with zero attached hydrogens (tertiary/aromatic N) is 3. The average Bonchev–Trinajstić information content (AvgIpc) is 2.98. The van der Waals surface area contributed by atoms with Crippen molar-refractivity contribution in [2.24, 2.45) is 0 Å². The van der Waals surface area contributed by atoms with Gasteiger partial charge in [-0.05, 0) is 50.8 Å². The van der Waals surface area contributed by atoms with E-state index in [1.165, 1.54) is 17.0 Å². The Balaban J connectivity index is 0.00000312. The van der Waals surface area contributed by atoms with E-state index in [0.717, 1.165) is 5.56 Å². The Kier molecular flexibility index (Phi) is 7.36. The van der Waals surface area contributed by atoms with Crippen molar-refractivity contribution in [1.29, 1.82) is 10.5 Å². The summed E-state index contributed by atoms with van der Waals surface area (Å²) >= 11 is 0. The normalized spacial score (nSPS) is 19.6. The number of nitriles is 2. The SMILES string of the molecule is CC(C)(Cc1ccc(F)cc1)NCC(=O)N1[C@H](C#N)CC[C@@H]1C#N.Cl. The van der Waals surface area contributed by atoms with Gasteiger partial charge >= 0.3 is 0 Å². The Bertz CT molecular complexity index is 656. The number of nitrogens with one attached hydrogen (secondary N) is 1. The predicted molar refractivity (Wildman–Crippen MR) is 94.3 cm³/mol. The Hall–Kier alpha value is -2.15. The van der Waals surface area contributed by atoms with Gasteiger partial charge in [-0.3, -0.25) is 4.79 Å². The van der Waals surface area contributed by atoms with Gasteiger partial charge in [0, 0.05) is 5.54 Å². The monoisotopic (exact) mass is 364 g/mol. The van der Waals surface area contributed by atoms with Gasteiger partial charge in [-0.15, -0.1) is 12.4 Å². The molecule has 25 heavy (non-hydrogen) atoms. The molecule has 1 aliphatic heterocycles. The first-order valence-electron chi connectivity index (χ1n) is 7.96. The zero-order chi connectivity index (χ0) is 17.7. The van der Waals surface area contributed by atoms with Gasteiger partial charge in [0.05, 0.1) is 18.7 Å². The third kappa shape index (κ3) is 5.42. The summed E-state index contributed by atoms with van der Waals surface area (Å²) in [4.78, 5) is 13.8. The van der Waals surface area contributed by atoms with Crippen LogP contribution in [0.5, 0.6) is 0 Å². The molecule has 2 rings (SSSR count). The molecule has 0 aromatic heterocycles. The maximum absolute atomic E-state index is 13.0. The van der Waals surface area contributed by atoms with Gasteiger partial charge in [0.2, 0.25) is 5.91 Å². The van der Waals surface area contributed by atoms with Crippen molar-refractivity contribution >= 4 is 18.3 Å². The van der Waals surface area contributed by atoms with Crippen molar-refractivity contribution in [3.05, 3.63) is 35.6 Å². The summed E-state index contributed by atoms with van der Waals surface area (Å²) < 4.78 is 13.0. The molecule has 0 radical (unpaired) electrons. The fourth-order valence-electron chi connectivity index (χ4n) is 2.99. The third-order valence-corrected chi connectivity index (χ3v) is 4.25. The molecule has 1 aromatic rings. The molecule has 7 heteroatoms. The van der Waals surface area contributed by atoms with Crippen LogP contribution < -0.4 is 5.32 Å². The molecule has 1 heterocycles. The van der Waals surface area contributed by atoms with Crippen LogP contribution in [0, 0.1) is 28.5 Å². The molecule has 1 aliphatic rings. The number of likely N-dealkylation sites (tertiary alicyclic amines) is 1. The highest BCUT2D eigenvalue weighted by Gasteiger charge is 2.37. The van der Waals surface area contributed by atoms with Crippen LogP contribution >= 0.6 is 12.4 Å². The lowest BCUT2D eigenvalue weighted by Crippen LogP contribution is -2.50. The van der Waals surface area contributed by atoms with Gasteiger partial charge in [-0.2, -0.15) is 10.5 Å². The smallest absolute Gasteiger partial charge is 0.238 e. The van der Waals surface area contributed by atoms with Crippen molar-refractivity contribution in [2.45, 2.75) is 50.7 Å². The summed E-state index contributed by atoms with van der Waals surface area (Å²) in [7, 11) is 0. The fraction of sp³-hybridized carbons (Fsp3) is 0.500. The van der Waals surface area contributed by atoms with E-state index in [-0.39, 0.29) is 36.2 Å². The molecule has 1 amide bonds. The summed E-state index contributed by atoms with van der Waals surface area (Å²) in [6, 6.07) is 9.40. The number of benzene rings is 1. The van der Waals surface area contributed by atoms with Crippen LogP contribution in [0.2, 0.25) is 0 Å². The Morgan fingerprint density at radius 2 is 1.76 bits per heavy atom. The van der Waals surface area contributed by atoms with Crippen molar-refractivity contribution < 1.29 is 9.18 Å². The highest BCUT2D eigenvalue weighted by Crippen LogP contribution is 2.23. The molecule has 2 atom stereocenters. The third-order valence-electron chi connectivity index (χ3n) is 4.25. The first kappa shape index (κ1) is 20.9. The van der Waals surface area contributed by atoms with Gasteiger partial charge in [-0.1, -0.05) is 12.1 Å². The van der Waals surface area contributed by atoms with E-state index in [2.05, 4.69) is 17.5 Å². The molecular weight excluding hydrogens is 343 g/mol. The second kappa shape index (κ2) is 8.80. The van der Waals surface area contributed by atoms with E-state index in [4.69, 9.17) is 10.5 Å². The minimum atomic E-state index is -0.524. The van der Waals surface area contributed by atoms with Gasteiger partial charge < -0.3 is 10.2 Å². The number of amides is 1. The summed E-state index contributed by atoms with van der Waals surface area (Å²) in [5.41, 5.74) is 0.588. The highest BCUT2D eigenvalue weighted by atomic mass is 35.5. The van der Waals surface area contributed by atoms with Crippen LogP contribution in [0.4, 0.5) is 4.39 Å². The van der Waals surface area contributed by atoms with Gasteiger partial charge in [0.1, 0.15) is 17.9 Å². The van der Waals surface area contributed by atoms with Crippen LogP contribution in [0.25, 0.3) is 0 Å². The number of hydrogen-bond donors (Lipinski definition) is 1. The molecule has 0 spiro atoms. The van der Waals surface area contributed by atoms with Gasteiger partial charge in [0.15, 0.2) is 0 Å². The van der Waals surface area contributed by atoms with Crippen LogP contribution in [0.1, 0.15) is 32.3 Å². The molecule has 0 unspecified atom stereocenters. The largest absolute Gasteiger partial charge is 0.310 e. The molecule has 1 fully saturated rings. The maximum Gasteiger partial charge on any atom is 0.238 e. The average molecular weight is 365 g/mol. The lowest BCUT2D eigenvalue weighted by atomic mass is 9.95. The standard InChI is InChI=1S/C18H21FN4O.ClH/c1-18(2,9-13-3-5-14(19)6-4-13)22-12-17(24)23-15(10-20)7-8-16(23)11-21;/h3-6,15-16,22H,7-9,12H2,1-2H3;1H/t15-,16+;. The molecule has 1 N–H and O–H groups in total. The van der Waals surface area contributed by atoms with Gasteiger partial charge in [-0.25, -0.2) is 4.39 Å². The Labute approximate surface area is 153 Å². The van der Waals surface area contributed by atoms with E-state index in [1.54, 1.807) is 12.1 Å². The summed E-state index contributed by atoms with van der Waals surface area (Å²) in [5, 5.41) is 21.5. The van der Waals surface area contributed by atoms with Crippen LogP contribution in [-0.4, -0.2) is 35.0 Å². The molecule has 0 bridgehead atoms. The predicted octanol–water partition coefficient (Wildman–Crippen LogP) is 2.56. The summed E-state index contributed by atoms with van der Waals surface area (Å²) in [5.74, 6) is -0.517. The summed E-state index contributed by atoms with van der Waals surface area (Å²) in [6.45, 7) is 3.97. The maximum atomic E-state index is 13.0. The van der Waals surface area contributed by atoms with Crippen molar-refractivity contribution in [2.75, 3.05) is 6.54 Å². The Morgan fingerprint density at radius 3 is 2.24 bits per heavy atom. The van der Waals surface area contributed by atoms with Crippen LogP contribution in [0.3, 0.4) is 0 Å². The molecule has 0 saturated carbocycles. The molecule has 1 saturated heterocycles. The molecular formula is C18H22ClFN4O. The van der Waals surface area contributed by atoms with Crippen LogP contribution in [0.15, 0.2) is 24.3 Å². The van der Waals surface area contributed by atoms with E-state index < -0.39 is 12.1 Å². The molecule has 0 aliphatic carbocycles. The topological polar surface area (TPSA) is 79.9 Å². The number of halogens is 2. The van der Waals surface area contributed by atoms with E-state index in [0.29, 0.717) is 19.3 Å². The second-order valence-electron chi connectivity index (χ2n) is 6.71. The lowest BCUT2D eigenvalue weighted by molar-refractivity contribution is -0.131. The fourth-order valence-corrected chi connectivity index (χ4v) is 2.99. The van der Waals surface area contributed by atoms with E-state index >= 15 is 0 Å². The molecule has 134 valence electrons. The molecule has 1 aromatic carbocycles. The minimum Gasteiger partial charge on any atom is -0.310 e. The number of hydrogen-bond acceptors (Lipinski definition) is 4. The minimum absolute atomic E-state index is 0. The zero-order valence-corrected chi connectivity index (χ0v) is 15.1. The summed E-state index contributed by atoms with van der Waals surface area (Å²) in [6.07, 6.45) is 1.71. The lowest BCUT2D eigenvalue weighted by Gasteiger charge is -2.29. The van der Waals surface area contributed by atoms with Crippen molar-refractivity contribution in [1.82, 2.24) is 10.2 Å². The quantitative estimate of drug-likeness (QED) is 0.870. The van der Waals surface area contributed by atoms with Crippen molar-refractivity contribution in [3.63, 3.8) is 0 Å². The van der Waals surface area contributed by atoms with Crippen LogP contribution in [-0.2, 0) is 11.2 Å². The van der Waals surface area contributed by atoms with E-state index in [9.17, 15) is 9.18 Å². The highest BCUT2D eigenvalue weighted by molar-refractivity contribution is 5.85. The number of rotatable bonds is 5. The zero-order valence-electron chi connectivity index (χ0n) is 14.3. The van der Waals surface area contributed by atoms with E-state index in [1.807, 2.05) is 13.8 Å². The van der Waals surface area contributed by atoms with Crippen molar-refractivity contribution in [3.8, 4) is 12.1 Å². The first-order valence-corrected chi connectivity index (χ1v) is 7.96. The molecule has 5 nitrogen and oxygen atoms in total. The number of carbonyl (C=O) groups is 1. The van der Waals surface area contributed by atoms with Gasteiger partial charge in [0.25, 0.3) is 0 Å².